The van der Waals surface area contributed by atoms with Gasteiger partial charge >= 0.3 is 0 Å². The molecule has 2 rings (SSSR count). The van der Waals surface area contributed by atoms with Gasteiger partial charge in [-0.2, -0.15) is 11.8 Å². The van der Waals surface area contributed by atoms with Gasteiger partial charge in [0.2, 0.25) is 0 Å². The van der Waals surface area contributed by atoms with Crippen LogP contribution in [0.1, 0.15) is 39.5 Å². The molecule has 1 unspecified atom stereocenters. The molecule has 16 heavy (non-hydrogen) atoms. The normalized spacial score (nSPS) is 30.8. The third-order valence-corrected chi connectivity index (χ3v) is 4.75. The first-order chi connectivity index (χ1) is 7.66. The molecule has 0 aromatic carbocycles. The molecule has 2 fully saturated rings. The third kappa shape index (κ3) is 3.94. The van der Waals surface area contributed by atoms with Gasteiger partial charge in [-0.1, -0.05) is 0 Å². The number of nitrogens with one attached hydrogen (secondary N) is 1. The van der Waals surface area contributed by atoms with Crippen molar-refractivity contribution in [2.24, 2.45) is 5.92 Å². The SMILES string of the molecule is CC1(C)CCC(CNCC2CCSCC2)O1. The maximum absolute atomic E-state index is 5.97. The summed E-state index contributed by atoms with van der Waals surface area (Å²) in [6, 6.07) is 0. The lowest BCUT2D eigenvalue weighted by Crippen LogP contribution is -2.33. The maximum atomic E-state index is 5.97. The second kappa shape index (κ2) is 5.74. The first-order valence-corrected chi connectivity index (χ1v) is 7.77. The zero-order chi connectivity index (χ0) is 11.4. The van der Waals surface area contributed by atoms with E-state index in [9.17, 15) is 0 Å². The van der Waals surface area contributed by atoms with Gasteiger partial charge in [0.15, 0.2) is 0 Å². The summed E-state index contributed by atoms with van der Waals surface area (Å²) in [5, 5.41) is 3.60. The van der Waals surface area contributed by atoms with E-state index >= 15 is 0 Å². The highest BCUT2D eigenvalue weighted by Gasteiger charge is 2.31. The number of thioether (sulfide) groups is 1. The average molecular weight is 243 g/mol. The molecule has 0 bridgehead atoms. The van der Waals surface area contributed by atoms with Gasteiger partial charge in [0.05, 0.1) is 11.7 Å². The standard InChI is InChI=1S/C13H25NOS/c1-13(2)6-3-12(15-13)10-14-9-11-4-7-16-8-5-11/h11-12,14H,3-10H2,1-2H3. The first-order valence-electron chi connectivity index (χ1n) is 6.62. The van der Waals surface area contributed by atoms with E-state index < -0.39 is 0 Å². The van der Waals surface area contributed by atoms with Crippen LogP contribution >= 0.6 is 11.8 Å². The molecule has 0 saturated carbocycles. The summed E-state index contributed by atoms with van der Waals surface area (Å²) in [5.41, 5.74) is 0.119. The summed E-state index contributed by atoms with van der Waals surface area (Å²) in [6.07, 6.45) is 5.68. The summed E-state index contributed by atoms with van der Waals surface area (Å²) in [5.74, 6) is 3.63. The van der Waals surface area contributed by atoms with E-state index in [0.717, 1.165) is 12.5 Å². The molecule has 0 radical (unpaired) electrons. The quantitative estimate of drug-likeness (QED) is 0.820. The molecule has 3 heteroatoms. The fourth-order valence-corrected chi connectivity index (χ4v) is 3.82. The lowest BCUT2D eigenvalue weighted by Gasteiger charge is -2.23. The molecule has 0 spiro atoms. The summed E-state index contributed by atoms with van der Waals surface area (Å²) in [4.78, 5) is 0. The minimum atomic E-state index is 0.119. The number of ether oxygens (including phenoxy) is 1. The topological polar surface area (TPSA) is 21.3 Å². The van der Waals surface area contributed by atoms with E-state index in [1.165, 1.54) is 43.7 Å². The molecule has 0 amide bonds. The molecule has 0 aromatic rings. The van der Waals surface area contributed by atoms with E-state index in [2.05, 4.69) is 30.9 Å². The molecule has 2 aliphatic heterocycles. The third-order valence-electron chi connectivity index (χ3n) is 3.70. The molecular formula is C13H25NOS. The Labute approximate surface area is 104 Å². The Bertz CT molecular complexity index is 214. The van der Waals surface area contributed by atoms with Gasteiger partial charge < -0.3 is 10.1 Å². The molecule has 0 aromatic heterocycles. The Hall–Kier alpha value is 0.270. The Morgan fingerprint density at radius 3 is 2.56 bits per heavy atom. The van der Waals surface area contributed by atoms with E-state index in [0.29, 0.717) is 6.10 Å². The fraction of sp³-hybridized carbons (Fsp3) is 1.00. The second-order valence-electron chi connectivity index (χ2n) is 5.75. The molecule has 1 N–H and O–H groups in total. The van der Waals surface area contributed by atoms with Crippen molar-refractivity contribution in [1.29, 1.82) is 0 Å². The highest BCUT2D eigenvalue weighted by molar-refractivity contribution is 7.99. The molecule has 2 aliphatic rings. The van der Waals surface area contributed by atoms with Crippen LogP contribution in [0.5, 0.6) is 0 Å². The van der Waals surface area contributed by atoms with Crippen molar-refractivity contribution in [3.63, 3.8) is 0 Å². The number of hydrogen-bond donors (Lipinski definition) is 1. The molecule has 0 aliphatic carbocycles. The van der Waals surface area contributed by atoms with Gasteiger partial charge in [-0.15, -0.1) is 0 Å². The van der Waals surface area contributed by atoms with E-state index in [1.807, 2.05) is 0 Å². The molecule has 2 saturated heterocycles. The van der Waals surface area contributed by atoms with Crippen molar-refractivity contribution in [2.45, 2.75) is 51.2 Å². The zero-order valence-electron chi connectivity index (χ0n) is 10.6. The summed E-state index contributed by atoms with van der Waals surface area (Å²) in [6.45, 7) is 6.64. The van der Waals surface area contributed by atoms with Gasteiger partial charge in [-0.3, -0.25) is 0 Å². The van der Waals surface area contributed by atoms with Crippen molar-refractivity contribution in [2.75, 3.05) is 24.6 Å². The van der Waals surface area contributed by atoms with Gasteiger partial charge in [0.25, 0.3) is 0 Å². The van der Waals surface area contributed by atoms with Crippen molar-refractivity contribution < 1.29 is 4.74 Å². The Morgan fingerprint density at radius 1 is 1.19 bits per heavy atom. The molecule has 1 atom stereocenters. The van der Waals surface area contributed by atoms with Crippen LogP contribution in [0.15, 0.2) is 0 Å². The predicted molar refractivity (Wildman–Crippen MR) is 71.1 cm³/mol. The number of hydrogen-bond acceptors (Lipinski definition) is 3. The second-order valence-corrected chi connectivity index (χ2v) is 6.98. The van der Waals surface area contributed by atoms with Gasteiger partial charge in [0, 0.05) is 6.54 Å². The van der Waals surface area contributed by atoms with Gasteiger partial charge in [0.1, 0.15) is 0 Å². The van der Waals surface area contributed by atoms with Crippen LogP contribution in [-0.2, 0) is 4.74 Å². The van der Waals surface area contributed by atoms with Crippen LogP contribution in [0, 0.1) is 5.92 Å². The smallest absolute Gasteiger partial charge is 0.0707 e. The first kappa shape index (κ1) is 12.7. The molecule has 94 valence electrons. The van der Waals surface area contributed by atoms with E-state index in [1.54, 1.807) is 0 Å². The van der Waals surface area contributed by atoms with Crippen molar-refractivity contribution in [3.8, 4) is 0 Å². The Balaban J connectivity index is 1.58. The zero-order valence-corrected chi connectivity index (χ0v) is 11.4. The minimum Gasteiger partial charge on any atom is -0.371 e. The minimum absolute atomic E-state index is 0.119. The van der Waals surface area contributed by atoms with Crippen molar-refractivity contribution in [1.82, 2.24) is 5.32 Å². The molecule has 2 heterocycles. The van der Waals surface area contributed by atoms with Crippen LogP contribution in [0.2, 0.25) is 0 Å². The Morgan fingerprint density at radius 2 is 1.94 bits per heavy atom. The summed E-state index contributed by atoms with van der Waals surface area (Å²) in [7, 11) is 0. The van der Waals surface area contributed by atoms with Crippen LogP contribution < -0.4 is 5.32 Å². The molecular weight excluding hydrogens is 218 g/mol. The monoisotopic (exact) mass is 243 g/mol. The van der Waals surface area contributed by atoms with Crippen LogP contribution in [0.25, 0.3) is 0 Å². The fourth-order valence-electron chi connectivity index (χ4n) is 2.62. The van der Waals surface area contributed by atoms with E-state index in [-0.39, 0.29) is 5.60 Å². The van der Waals surface area contributed by atoms with Crippen molar-refractivity contribution >= 4 is 11.8 Å². The van der Waals surface area contributed by atoms with Crippen LogP contribution in [0.4, 0.5) is 0 Å². The van der Waals surface area contributed by atoms with Crippen LogP contribution in [-0.4, -0.2) is 36.3 Å². The summed E-state index contributed by atoms with van der Waals surface area (Å²) >= 11 is 2.10. The average Bonchev–Trinajstić information content (AvgIpc) is 2.60. The van der Waals surface area contributed by atoms with E-state index in [4.69, 9.17) is 4.74 Å². The number of rotatable bonds is 4. The maximum Gasteiger partial charge on any atom is 0.0707 e. The van der Waals surface area contributed by atoms with Crippen LogP contribution in [0.3, 0.4) is 0 Å². The highest BCUT2D eigenvalue weighted by Crippen LogP contribution is 2.29. The molecule has 2 nitrogen and oxygen atoms in total. The summed E-state index contributed by atoms with van der Waals surface area (Å²) < 4.78 is 5.97. The lowest BCUT2D eigenvalue weighted by molar-refractivity contribution is -0.0144. The highest BCUT2D eigenvalue weighted by atomic mass is 32.2. The largest absolute Gasteiger partial charge is 0.371 e. The van der Waals surface area contributed by atoms with Gasteiger partial charge in [-0.05, 0) is 63.5 Å². The van der Waals surface area contributed by atoms with Crippen molar-refractivity contribution in [3.05, 3.63) is 0 Å². The Kier molecular flexibility index (Phi) is 4.57. The predicted octanol–water partition coefficient (Wildman–Crippen LogP) is 2.68. The van der Waals surface area contributed by atoms with Gasteiger partial charge in [-0.25, -0.2) is 0 Å². The lowest BCUT2D eigenvalue weighted by atomic mass is 10.0.